The van der Waals surface area contributed by atoms with Crippen LogP contribution in [0.1, 0.15) is 13.8 Å². The summed E-state index contributed by atoms with van der Waals surface area (Å²) in [6.07, 6.45) is 0.901. The minimum atomic E-state index is -0.538. The Labute approximate surface area is 193 Å². The summed E-state index contributed by atoms with van der Waals surface area (Å²) in [7, 11) is 4.01. The van der Waals surface area contributed by atoms with Crippen molar-refractivity contribution < 1.29 is 23.6 Å². The molecule has 10 heteroatoms. The number of piperidine rings is 1. The first-order valence-electron chi connectivity index (χ1n) is 11.3. The molecule has 1 saturated carbocycles. The fraction of sp³-hybridized carbons (Fsp3) is 0.609. The van der Waals surface area contributed by atoms with Crippen LogP contribution in [0, 0.1) is 23.6 Å². The van der Waals surface area contributed by atoms with Crippen LogP contribution in [0.5, 0.6) is 0 Å². The van der Waals surface area contributed by atoms with Gasteiger partial charge in [-0.3, -0.25) is 9.69 Å². The lowest BCUT2D eigenvalue weighted by atomic mass is 10.2. The number of cyclic esters (lactones) is 1. The van der Waals surface area contributed by atoms with Gasteiger partial charge in [-0.25, -0.2) is 9.18 Å². The Bertz CT molecular complexity index is 914. The van der Waals surface area contributed by atoms with E-state index >= 15 is 0 Å². The summed E-state index contributed by atoms with van der Waals surface area (Å²) in [5.41, 5.74) is 0.991. The van der Waals surface area contributed by atoms with Crippen molar-refractivity contribution in [1.82, 2.24) is 10.2 Å². The Balaban J connectivity index is 1.28. The Kier molecular flexibility index (Phi) is 6.73. The van der Waals surface area contributed by atoms with Crippen LogP contribution >= 0.6 is 0 Å². The zero-order chi connectivity index (χ0) is 23.7. The molecular weight excluding hydrogens is 429 g/mol. The second-order valence-electron chi connectivity index (χ2n) is 9.36. The molecule has 2 aliphatic heterocycles. The highest BCUT2D eigenvalue weighted by atomic mass is 19.1. The van der Waals surface area contributed by atoms with Gasteiger partial charge in [-0.1, -0.05) is 5.16 Å². The lowest BCUT2D eigenvalue weighted by Gasteiger charge is -2.23. The number of halogens is 1. The van der Waals surface area contributed by atoms with E-state index in [2.05, 4.69) is 27.2 Å². The molecule has 3 fully saturated rings. The molecule has 0 bridgehead atoms. The quantitative estimate of drug-likeness (QED) is 0.447. The molecule has 0 radical (unpaired) electrons. The van der Waals surface area contributed by atoms with E-state index in [1.165, 1.54) is 17.9 Å². The molecule has 1 aromatic carbocycles. The highest BCUT2D eigenvalue weighted by Gasteiger charge is 2.55. The molecule has 2 amide bonds. The summed E-state index contributed by atoms with van der Waals surface area (Å²) in [6.45, 7) is 6.08. The van der Waals surface area contributed by atoms with E-state index in [9.17, 15) is 14.0 Å². The lowest BCUT2D eigenvalue weighted by Crippen LogP contribution is -2.33. The van der Waals surface area contributed by atoms with Gasteiger partial charge in [0.25, 0.3) is 0 Å². The summed E-state index contributed by atoms with van der Waals surface area (Å²) in [4.78, 5) is 34.2. The largest absolute Gasteiger partial charge is 0.442 e. The van der Waals surface area contributed by atoms with Crippen molar-refractivity contribution in [3.63, 3.8) is 0 Å². The Hall–Kier alpha value is -2.88. The molecule has 0 aromatic heterocycles. The van der Waals surface area contributed by atoms with Gasteiger partial charge in [-0.05, 0) is 51.1 Å². The topological polar surface area (TPSA) is 86.7 Å². The number of carbonyl (C=O) groups is 2. The van der Waals surface area contributed by atoms with Gasteiger partial charge in [0, 0.05) is 38.2 Å². The third-order valence-corrected chi connectivity index (χ3v) is 6.80. The normalized spacial score (nSPS) is 27.2. The number of likely N-dealkylation sites (N-methyl/N-ethyl adjacent to an activating group) is 1. The second kappa shape index (κ2) is 9.54. The van der Waals surface area contributed by atoms with Crippen molar-refractivity contribution in [3.05, 3.63) is 24.0 Å². The molecule has 1 aromatic rings. The molecule has 180 valence electrons. The molecular formula is C23H32FN5O4. The maximum atomic E-state index is 14.9. The standard InChI is InChI=1S/C23H32FN5O4/c1-14(27(3)4)13-32-26-9-18-19-11-28(12-20(18)19)22-6-5-16(7-21(22)24)29-10-17(33-23(29)31)8-25-15(2)30/h5-7,9,14,17-20H,8,10-13H2,1-4H3,(H,25,30)/t14?,17-,18?,19?,20?/m0/s1. The van der Waals surface area contributed by atoms with Crippen molar-refractivity contribution in [1.29, 1.82) is 0 Å². The van der Waals surface area contributed by atoms with Crippen molar-refractivity contribution in [3.8, 4) is 0 Å². The van der Waals surface area contributed by atoms with Gasteiger partial charge in [-0.2, -0.15) is 0 Å². The molecule has 2 saturated heterocycles. The van der Waals surface area contributed by atoms with Crippen molar-refractivity contribution in [2.45, 2.75) is 26.0 Å². The number of oxime groups is 1. The van der Waals surface area contributed by atoms with E-state index in [1.54, 1.807) is 12.1 Å². The van der Waals surface area contributed by atoms with Crippen LogP contribution in [0.4, 0.5) is 20.6 Å². The minimum Gasteiger partial charge on any atom is -0.442 e. The first-order chi connectivity index (χ1) is 15.7. The molecule has 1 N–H and O–H groups in total. The number of amides is 2. The van der Waals surface area contributed by atoms with Crippen LogP contribution in [0.15, 0.2) is 23.4 Å². The van der Waals surface area contributed by atoms with Crippen LogP contribution in [0.25, 0.3) is 0 Å². The van der Waals surface area contributed by atoms with Crippen LogP contribution in [0.2, 0.25) is 0 Å². The zero-order valence-electron chi connectivity index (χ0n) is 19.5. The molecule has 0 spiro atoms. The average Bonchev–Trinajstić information content (AvgIpc) is 3.08. The summed E-state index contributed by atoms with van der Waals surface area (Å²) in [6, 6.07) is 5.13. The lowest BCUT2D eigenvalue weighted by molar-refractivity contribution is -0.119. The number of anilines is 2. The van der Waals surface area contributed by atoms with Crippen LogP contribution in [-0.4, -0.2) is 82.1 Å². The number of benzene rings is 1. The number of hydrogen-bond acceptors (Lipinski definition) is 7. The summed E-state index contributed by atoms with van der Waals surface area (Å²) < 4.78 is 20.2. The van der Waals surface area contributed by atoms with E-state index in [0.717, 1.165) is 13.1 Å². The zero-order valence-corrected chi connectivity index (χ0v) is 19.5. The van der Waals surface area contributed by atoms with Gasteiger partial charge >= 0.3 is 6.09 Å². The molecule has 9 nitrogen and oxygen atoms in total. The van der Waals surface area contributed by atoms with Gasteiger partial charge in [0.15, 0.2) is 0 Å². The van der Waals surface area contributed by atoms with Gasteiger partial charge in [0.2, 0.25) is 5.91 Å². The van der Waals surface area contributed by atoms with Crippen molar-refractivity contribution in [2.75, 3.05) is 56.7 Å². The fourth-order valence-corrected chi connectivity index (χ4v) is 4.42. The van der Waals surface area contributed by atoms with Gasteiger partial charge < -0.3 is 24.7 Å². The third-order valence-electron chi connectivity index (χ3n) is 6.80. The number of fused-ring (bicyclic) bond motifs is 1. The monoisotopic (exact) mass is 461 g/mol. The van der Waals surface area contributed by atoms with E-state index in [-0.39, 0.29) is 24.8 Å². The summed E-state index contributed by atoms with van der Waals surface area (Å²) in [5, 5.41) is 6.76. The van der Waals surface area contributed by atoms with Crippen molar-refractivity contribution in [2.24, 2.45) is 22.9 Å². The Morgan fingerprint density at radius 3 is 2.73 bits per heavy atom. The first-order valence-corrected chi connectivity index (χ1v) is 11.3. The summed E-state index contributed by atoms with van der Waals surface area (Å²) >= 11 is 0. The predicted molar refractivity (Wildman–Crippen MR) is 123 cm³/mol. The molecule has 1 aliphatic carbocycles. The Morgan fingerprint density at radius 1 is 1.36 bits per heavy atom. The van der Waals surface area contributed by atoms with Crippen LogP contribution in [0.3, 0.4) is 0 Å². The maximum Gasteiger partial charge on any atom is 0.414 e. The number of rotatable bonds is 9. The average molecular weight is 462 g/mol. The highest BCUT2D eigenvalue weighted by molar-refractivity contribution is 5.90. The van der Waals surface area contributed by atoms with Crippen molar-refractivity contribution >= 4 is 29.6 Å². The number of carbonyl (C=O) groups excluding carboxylic acids is 2. The smallest absolute Gasteiger partial charge is 0.414 e. The van der Waals surface area contributed by atoms with E-state index < -0.39 is 12.2 Å². The summed E-state index contributed by atoms with van der Waals surface area (Å²) in [5.74, 6) is 0.761. The third kappa shape index (κ3) is 5.21. The molecule has 2 heterocycles. The van der Waals surface area contributed by atoms with E-state index in [0.29, 0.717) is 41.8 Å². The molecule has 4 rings (SSSR count). The number of nitrogens with zero attached hydrogens (tertiary/aromatic N) is 4. The number of nitrogens with one attached hydrogen (secondary N) is 1. The number of ether oxygens (including phenoxy) is 1. The van der Waals surface area contributed by atoms with Gasteiger partial charge in [0.05, 0.1) is 24.5 Å². The second-order valence-corrected chi connectivity index (χ2v) is 9.36. The minimum absolute atomic E-state index is 0.191. The molecule has 33 heavy (non-hydrogen) atoms. The van der Waals surface area contributed by atoms with Gasteiger partial charge in [0.1, 0.15) is 18.5 Å². The SMILES string of the molecule is CC(=O)NC[C@H]1CN(c2ccc(N3CC4C(C=NOCC(C)N(C)C)C4C3)c(F)c2)C(=O)O1. The van der Waals surface area contributed by atoms with E-state index in [4.69, 9.17) is 9.57 Å². The van der Waals surface area contributed by atoms with Crippen LogP contribution in [-0.2, 0) is 14.4 Å². The fourth-order valence-electron chi connectivity index (χ4n) is 4.42. The molecule has 3 unspecified atom stereocenters. The van der Waals surface area contributed by atoms with Gasteiger partial charge in [-0.15, -0.1) is 0 Å². The van der Waals surface area contributed by atoms with E-state index in [1.807, 2.05) is 20.3 Å². The molecule has 3 aliphatic rings. The van der Waals surface area contributed by atoms with Crippen LogP contribution < -0.4 is 15.1 Å². The maximum absolute atomic E-state index is 14.9. The highest BCUT2D eigenvalue weighted by Crippen LogP contribution is 2.51. The first kappa shape index (κ1) is 23.3. The Morgan fingerprint density at radius 2 is 2.09 bits per heavy atom. The number of hydrogen-bond donors (Lipinski definition) is 1. The predicted octanol–water partition coefficient (Wildman–Crippen LogP) is 1.92. The molecule has 4 atom stereocenters.